The molecular weight excluding hydrogens is 265 g/mol. The van der Waals surface area contributed by atoms with Crippen molar-refractivity contribution in [2.75, 3.05) is 19.7 Å². The summed E-state index contributed by atoms with van der Waals surface area (Å²) >= 11 is 0. The highest BCUT2D eigenvalue weighted by Gasteiger charge is 2.32. The zero-order chi connectivity index (χ0) is 14.7. The number of ether oxygens (including phenoxy) is 1. The van der Waals surface area contributed by atoms with E-state index in [0.717, 1.165) is 0 Å². The highest BCUT2D eigenvalue weighted by molar-refractivity contribution is 5.97. The molecule has 0 unspecified atom stereocenters. The van der Waals surface area contributed by atoms with Crippen LogP contribution in [0.1, 0.15) is 23.7 Å². The van der Waals surface area contributed by atoms with Crippen LogP contribution in [0.3, 0.4) is 0 Å². The lowest BCUT2D eigenvalue weighted by atomic mass is 10.1. The predicted octanol–water partition coefficient (Wildman–Crippen LogP) is 1.77. The average molecular weight is 281 g/mol. The number of aliphatic carboxylic acids is 1. The average Bonchev–Trinajstić information content (AvgIpc) is 2.90. The molecule has 1 aromatic carbocycles. The molecule has 1 aliphatic heterocycles. The first-order valence-electron chi connectivity index (χ1n) is 6.48. The highest BCUT2D eigenvalue weighted by Crippen LogP contribution is 2.26. The highest BCUT2D eigenvalue weighted by atomic mass is 19.1. The Hall–Kier alpha value is -2.11. The van der Waals surface area contributed by atoms with E-state index in [-0.39, 0.29) is 24.5 Å². The molecular formula is C14H16FNO4. The maximum Gasteiger partial charge on any atom is 0.308 e. The Morgan fingerprint density at radius 2 is 2.25 bits per heavy atom. The molecule has 2 rings (SSSR count). The van der Waals surface area contributed by atoms with Gasteiger partial charge in [0.25, 0.3) is 5.91 Å². The number of carbonyl (C=O) groups excluding carboxylic acids is 1. The molecule has 0 aromatic heterocycles. The minimum Gasteiger partial charge on any atom is -0.490 e. The van der Waals surface area contributed by atoms with Gasteiger partial charge in [-0.05, 0) is 25.5 Å². The smallest absolute Gasteiger partial charge is 0.308 e. The van der Waals surface area contributed by atoms with Gasteiger partial charge in [-0.1, -0.05) is 6.07 Å². The number of para-hydroxylation sites is 1. The molecule has 0 aliphatic carbocycles. The number of likely N-dealkylation sites (tertiary alicyclic amines) is 1. The summed E-state index contributed by atoms with van der Waals surface area (Å²) < 4.78 is 18.9. The minimum atomic E-state index is -0.912. The fourth-order valence-corrected chi connectivity index (χ4v) is 2.28. The second kappa shape index (κ2) is 5.90. The molecule has 5 nitrogen and oxygen atoms in total. The van der Waals surface area contributed by atoms with E-state index in [4.69, 9.17) is 9.84 Å². The normalized spacial score (nSPS) is 18.1. The molecule has 0 spiro atoms. The lowest BCUT2D eigenvalue weighted by Crippen LogP contribution is -2.30. The third kappa shape index (κ3) is 2.74. The molecule has 1 N–H and O–H groups in total. The monoisotopic (exact) mass is 281 g/mol. The largest absolute Gasteiger partial charge is 0.490 e. The molecule has 1 atom stereocenters. The van der Waals surface area contributed by atoms with E-state index in [0.29, 0.717) is 13.0 Å². The van der Waals surface area contributed by atoms with Gasteiger partial charge in [-0.15, -0.1) is 0 Å². The third-order valence-corrected chi connectivity index (χ3v) is 3.31. The Morgan fingerprint density at radius 3 is 2.85 bits per heavy atom. The summed E-state index contributed by atoms with van der Waals surface area (Å²) in [5, 5.41) is 8.94. The summed E-state index contributed by atoms with van der Waals surface area (Å²) in [6, 6.07) is 4.16. The first-order valence-corrected chi connectivity index (χ1v) is 6.48. The number of nitrogens with zero attached hydrogens (tertiary/aromatic N) is 1. The topological polar surface area (TPSA) is 66.8 Å². The number of carboxylic acid groups (broad SMARTS) is 1. The van der Waals surface area contributed by atoms with Crippen LogP contribution in [0.4, 0.5) is 4.39 Å². The van der Waals surface area contributed by atoms with E-state index in [1.54, 1.807) is 6.92 Å². The zero-order valence-electron chi connectivity index (χ0n) is 11.1. The molecule has 1 fully saturated rings. The van der Waals surface area contributed by atoms with Crippen LogP contribution in [0, 0.1) is 11.7 Å². The van der Waals surface area contributed by atoms with Gasteiger partial charge in [0.2, 0.25) is 0 Å². The summed E-state index contributed by atoms with van der Waals surface area (Å²) in [6.07, 6.45) is 0.417. The summed E-state index contributed by atoms with van der Waals surface area (Å²) in [6.45, 7) is 2.46. The Bertz CT molecular complexity index is 532. The summed E-state index contributed by atoms with van der Waals surface area (Å²) in [5.74, 6) is -2.52. The van der Waals surface area contributed by atoms with Gasteiger partial charge in [0, 0.05) is 13.1 Å². The molecule has 1 heterocycles. The van der Waals surface area contributed by atoms with E-state index < -0.39 is 23.6 Å². The number of rotatable bonds is 4. The first-order chi connectivity index (χ1) is 9.54. The van der Waals surface area contributed by atoms with Crippen molar-refractivity contribution in [3.05, 3.63) is 29.6 Å². The van der Waals surface area contributed by atoms with Crippen LogP contribution in [-0.4, -0.2) is 41.6 Å². The van der Waals surface area contributed by atoms with Crippen molar-refractivity contribution >= 4 is 11.9 Å². The standard InChI is InChI=1S/C14H16FNO4/c1-2-20-12-10(4-3-5-11(12)15)13(17)16-7-6-9(8-16)14(18)19/h3-5,9H,2,6-8H2,1H3,(H,18,19)/t9-/m1/s1. The first kappa shape index (κ1) is 14.3. The van der Waals surface area contributed by atoms with Gasteiger partial charge in [0.1, 0.15) is 0 Å². The lowest BCUT2D eigenvalue weighted by Gasteiger charge is -2.18. The van der Waals surface area contributed by atoms with Crippen molar-refractivity contribution in [3.63, 3.8) is 0 Å². The lowest BCUT2D eigenvalue weighted by molar-refractivity contribution is -0.141. The molecule has 0 saturated carbocycles. The molecule has 1 amide bonds. The number of benzene rings is 1. The van der Waals surface area contributed by atoms with Crippen molar-refractivity contribution < 1.29 is 23.8 Å². The quantitative estimate of drug-likeness (QED) is 0.913. The number of carbonyl (C=O) groups is 2. The van der Waals surface area contributed by atoms with Crippen LogP contribution in [0.5, 0.6) is 5.75 Å². The number of amides is 1. The second-order valence-electron chi connectivity index (χ2n) is 4.62. The van der Waals surface area contributed by atoms with E-state index in [1.165, 1.54) is 23.1 Å². The number of hydrogen-bond donors (Lipinski definition) is 1. The maximum atomic E-state index is 13.7. The van der Waals surface area contributed by atoms with Gasteiger partial charge in [-0.3, -0.25) is 9.59 Å². The van der Waals surface area contributed by atoms with Crippen molar-refractivity contribution in [3.8, 4) is 5.75 Å². The van der Waals surface area contributed by atoms with Crippen molar-refractivity contribution in [1.29, 1.82) is 0 Å². The van der Waals surface area contributed by atoms with E-state index in [2.05, 4.69) is 0 Å². The number of hydrogen-bond acceptors (Lipinski definition) is 3. The Morgan fingerprint density at radius 1 is 1.50 bits per heavy atom. The van der Waals surface area contributed by atoms with Gasteiger partial charge >= 0.3 is 5.97 Å². The summed E-state index contributed by atoms with van der Waals surface area (Å²) in [7, 11) is 0. The molecule has 1 saturated heterocycles. The van der Waals surface area contributed by atoms with Crippen LogP contribution in [0.15, 0.2) is 18.2 Å². The molecule has 0 radical (unpaired) electrons. The van der Waals surface area contributed by atoms with Crippen molar-refractivity contribution in [2.24, 2.45) is 5.92 Å². The van der Waals surface area contributed by atoms with E-state index in [1.807, 2.05) is 0 Å². The maximum absolute atomic E-state index is 13.7. The summed E-state index contributed by atoms with van der Waals surface area (Å²) in [5.41, 5.74) is 0.137. The van der Waals surface area contributed by atoms with E-state index >= 15 is 0 Å². The van der Waals surface area contributed by atoms with Crippen LogP contribution >= 0.6 is 0 Å². The molecule has 0 bridgehead atoms. The Kier molecular flexibility index (Phi) is 4.22. The van der Waals surface area contributed by atoms with Gasteiger partial charge in [0.05, 0.1) is 18.1 Å². The molecule has 1 aliphatic rings. The van der Waals surface area contributed by atoms with Crippen molar-refractivity contribution in [2.45, 2.75) is 13.3 Å². The molecule has 108 valence electrons. The molecule has 1 aromatic rings. The second-order valence-corrected chi connectivity index (χ2v) is 4.62. The Balaban J connectivity index is 2.22. The third-order valence-electron chi connectivity index (χ3n) is 3.31. The van der Waals surface area contributed by atoms with Crippen LogP contribution < -0.4 is 4.74 Å². The van der Waals surface area contributed by atoms with E-state index in [9.17, 15) is 14.0 Å². The summed E-state index contributed by atoms with van der Waals surface area (Å²) in [4.78, 5) is 24.7. The van der Waals surface area contributed by atoms with Crippen LogP contribution in [0.2, 0.25) is 0 Å². The van der Waals surface area contributed by atoms with Gasteiger partial charge < -0.3 is 14.7 Å². The molecule has 20 heavy (non-hydrogen) atoms. The Labute approximate surface area is 116 Å². The number of halogens is 1. The van der Waals surface area contributed by atoms with Crippen LogP contribution in [-0.2, 0) is 4.79 Å². The minimum absolute atomic E-state index is 0.0706. The fraction of sp³-hybridized carbons (Fsp3) is 0.429. The zero-order valence-corrected chi connectivity index (χ0v) is 11.1. The van der Waals surface area contributed by atoms with Crippen LogP contribution in [0.25, 0.3) is 0 Å². The van der Waals surface area contributed by atoms with Gasteiger partial charge in [-0.2, -0.15) is 0 Å². The predicted molar refractivity (Wildman–Crippen MR) is 69.2 cm³/mol. The van der Waals surface area contributed by atoms with Gasteiger partial charge in [0.15, 0.2) is 11.6 Å². The van der Waals surface area contributed by atoms with Crippen molar-refractivity contribution in [1.82, 2.24) is 4.90 Å². The molecule has 6 heteroatoms. The SMILES string of the molecule is CCOc1c(F)cccc1C(=O)N1CC[C@@H](C(=O)O)C1. The van der Waals surface area contributed by atoms with Gasteiger partial charge in [-0.25, -0.2) is 4.39 Å². The number of carboxylic acids is 1. The fourth-order valence-electron chi connectivity index (χ4n) is 2.28.